The standard InChI is InChI=1S/C15H21Cl2N/c1-10-4-3-5-13(10)15(18-2)9-11-8-12(16)6-7-14(11)17/h6-8,10,13,15,18H,3-5,9H2,1-2H3. The smallest absolute Gasteiger partial charge is 0.0439 e. The molecule has 0 amide bonds. The van der Waals surface area contributed by atoms with Gasteiger partial charge in [-0.3, -0.25) is 0 Å². The molecule has 3 heteroatoms. The molecule has 0 saturated heterocycles. The molecule has 1 aromatic carbocycles. The molecular formula is C15H21Cl2N. The highest BCUT2D eigenvalue weighted by Gasteiger charge is 2.30. The van der Waals surface area contributed by atoms with Crippen molar-refractivity contribution in [2.75, 3.05) is 7.05 Å². The van der Waals surface area contributed by atoms with Crippen LogP contribution in [0.3, 0.4) is 0 Å². The summed E-state index contributed by atoms with van der Waals surface area (Å²) >= 11 is 12.3. The average Bonchev–Trinajstić information content (AvgIpc) is 2.77. The fourth-order valence-electron chi connectivity index (χ4n) is 3.18. The number of halogens is 2. The lowest BCUT2D eigenvalue weighted by Gasteiger charge is -2.27. The molecule has 1 aromatic rings. The van der Waals surface area contributed by atoms with Gasteiger partial charge in [0.25, 0.3) is 0 Å². The summed E-state index contributed by atoms with van der Waals surface area (Å²) in [6, 6.07) is 6.23. The lowest BCUT2D eigenvalue weighted by atomic mass is 9.86. The Kier molecular flexibility index (Phi) is 4.94. The zero-order valence-electron chi connectivity index (χ0n) is 11.0. The highest BCUT2D eigenvalue weighted by atomic mass is 35.5. The molecule has 1 aliphatic rings. The highest BCUT2D eigenvalue weighted by Crippen LogP contribution is 2.35. The molecule has 1 N–H and O–H groups in total. The van der Waals surface area contributed by atoms with Gasteiger partial charge in [0.05, 0.1) is 0 Å². The highest BCUT2D eigenvalue weighted by molar-refractivity contribution is 6.33. The molecule has 0 heterocycles. The Hall–Kier alpha value is -0.240. The molecule has 3 unspecified atom stereocenters. The molecule has 18 heavy (non-hydrogen) atoms. The van der Waals surface area contributed by atoms with Gasteiger partial charge in [-0.2, -0.15) is 0 Å². The van der Waals surface area contributed by atoms with E-state index in [4.69, 9.17) is 23.2 Å². The van der Waals surface area contributed by atoms with Crippen LogP contribution >= 0.6 is 23.2 Å². The largest absolute Gasteiger partial charge is 0.316 e. The van der Waals surface area contributed by atoms with Gasteiger partial charge in [-0.05, 0) is 55.5 Å². The second-order valence-electron chi connectivity index (χ2n) is 5.41. The normalized spacial score (nSPS) is 25.3. The van der Waals surface area contributed by atoms with Gasteiger partial charge in [-0.1, -0.05) is 43.0 Å². The van der Waals surface area contributed by atoms with Gasteiger partial charge in [-0.25, -0.2) is 0 Å². The van der Waals surface area contributed by atoms with Crippen molar-refractivity contribution < 1.29 is 0 Å². The minimum absolute atomic E-state index is 0.499. The van der Waals surface area contributed by atoms with Crippen molar-refractivity contribution in [3.63, 3.8) is 0 Å². The first-order valence-corrected chi connectivity index (χ1v) is 7.48. The second-order valence-corrected chi connectivity index (χ2v) is 6.25. The van der Waals surface area contributed by atoms with Gasteiger partial charge in [0.1, 0.15) is 0 Å². The van der Waals surface area contributed by atoms with Gasteiger partial charge >= 0.3 is 0 Å². The summed E-state index contributed by atoms with van der Waals surface area (Å²) in [6.07, 6.45) is 5.00. The van der Waals surface area contributed by atoms with Gasteiger partial charge < -0.3 is 5.32 Å². The maximum atomic E-state index is 6.25. The van der Waals surface area contributed by atoms with Gasteiger partial charge in [0.15, 0.2) is 0 Å². The van der Waals surface area contributed by atoms with E-state index in [1.54, 1.807) is 0 Å². The average molecular weight is 286 g/mol. The summed E-state index contributed by atoms with van der Waals surface area (Å²) in [5.41, 5.74) is 1.16. The minimum atomic E-state index is 0.499. The topological polar surface area (TPSA) is 12.0 Å². The fraction of sp³-hybridized carbons (Fsp3) is 0.600. The van der Waals surface area contributed by atoms with E-state index >= 15 is 0 Å². The third-order valence-corrected chi connectivity index (χ3v) is 4.87. The zero-order chi connectivity index (χ0) is 13.1. The number of benzene rings is 1. The summed E-state index contributed by atoms with van der Waals surface area (Å²) in [6.45, 7) is 2.36. The number of rotatable bonds is 4. The fourth-order valence-corrected chi connectivity index (χ4v) is 3.57. The van der Waals surface area contributed by atoms with Crippen LogP contribution in [0.2, 0.25) is 10.0 Å². The third-order valence-electron chi connectivity index (χ3n) is 4.26. The molecule has 1 saturated carbocycles. The molecule has 0 aliphatic heterocycles. The monoisotopic (exact) mass is 285 g/mol. The predicted octanol–water partition coefficient (Wildman–Crippen LogP) is 4.56. The Morgan fingerprint density at radius 2 is 2.11 bits per heavy atom. The van der Waals surface area contributed by atoms with E-state index in [0.717, 1.165) is 33.9 Å². The van der Waals surface area contributed by atoms with Crippen LogP contribution in [0.1, 0.15) is 31.7 Å². The van der Waals surface area contributed by atoms with E-state index in [0.29, 0.717) is 6.04 Å². The Morgan fingerprint density at radius 3 is 2.72 bits per heavy atom. The van der Waals surface area contributed by atoms with Crippen molar-refractivity contribution in [3.05, 3.63) is 33.8 Å². The zero-order valence-corrected chi connectivity index (χ0v) is 12.6. The van der Waals surface area contributed by atoms with Crippen LogP contribution in [0.15, 0.2) is 18.2 Å². The predicted molar refractivity (Wildman–Crippen MR) is 79.5 cm³/mol. The van der Waals surface area contributed by atoms with Crippen LogP contribution in [0.4, 0.5) is 0 Å². The Balaban J connectivity index is 2.12. The van der Waals surface area contributed by atoms with E-state index < -0.39 is 0 Å². The molecule has 1 aliphatic carbocycles. The first kappa shape index (κ1) is 14.2. The maximum Gasteiger partial charge on any atom is 0.0439 e. The van der Waals surface area contributed by atoms with E-state index in [2.05, 4.69) is 12.2 Å². The molecular weight excluding hydrogens is 265 g/mol. The van der Waals surface area contributed by atoms with Crippen molar-refractivity contribution in [2.24, 2.45) is 11.8 Å². The van der Waals surface area contributed by atoms with Gasteiger partial charge in [0.2, 0.25) is 0 Å². The molecule has 1 nitrogen and oxygen atoms in total. The van der Waals surface area contributed by atoms with E-state index in [-0.39, 0.29) is 0 Å². The van der Waals surface area contributed by atoms with Crippen molar-refractivity contribution in [3.8, 4) is 0 Å². The Bertz CT molecular complexity index is 405. The van der Waals surface area contributed by atoms with Crippen LogP contribution in [0.5, 0.6) is 0 Å². The summed E-state index contributed by atoms with van der Waals surface area (Å²) < 4.78 is 0. The third kappa shape index (κ3) is 3.20. The van der Waals surface area contributed by atoms with Crippen LogP contribution in [0.25, 0.3) is 0 Å². The molecule has 100 valence electrons. The Labute approximate surface area is 120 Å². The first-order valence-electron chi connectivity index (χ1n) is 6.73. The molecule has 0 radical (unpaired) electrons. The quantitative estimate of drug-likeness (QED) is 0.855. The van der Waals surface area contributed by atoms with E-state index in [1.165, 1.54) is 19.3 Å². The number of nitrogens with one attached hydrogen (secondary N) is 1. The number of hydrogen-bond acceptors (Lipinski definition) is 1. The van der Waals surface area contributed by atoms with Crippen molar-refractivity contribution in [1.82, 2.24) is 5.32 Å². The molecule has 1 fully saturated rings. The van der Waals surface area contributed by atoms with E-state index in [1.807, 2.05) is 25.2 Å². The number of hydrogen-bond donors (Lipinski definition) is 1. The molecule has 0 bridgehead atoms. The van der Waals surface area contributed by atoms with Crippen LogP contribution < -0.4 is 5.32 Å². The number of likely N-dealkylation sites (N-methyl/N-ethyl adjacent to an activating group) is 1. The molecule has 0 aromatic heterocycles. The summed E-state index contributed by atoms with van der Waals surface area (Å²) in [5, 5.41) is 5.06. The van der Waals surface area contributed by atoms with E-state index in [9.17, 15) is 0 Å². The SMILES string of the molecule is CNC(Cc1cc(Cl)ccc1Cl)C1CCCC1C. The minimum Gasteiger partial charge on any atom is -0.316 e. The van der Waals surface area contributed by atoms with Crippen LogP contribution in [-0.2, 0) is 6.42 Å². The second kappa shape index (κ2) is 6.27. The van der Waals surface area contributed by atoms with Crippen molar-refractivity contribution in [1.29, 1.82) is 0 Å². The van der Waals surface area contributed by atoms with Crippen LogP contribution in [0, 0.1) is 11.8 Å². The summed E-state index contributed by atoms with van der Waals surface area (Å²) in [4.78, 5) is 0. The maximum absolute atomic E-state index is 6.25. The van der Waals surface area contributed by atoms with Crippen molar-refractivity contribution in [2.45, 2.75) is 38.6 Å². The molecule has 2 rings (SSSR count). The van der Waals surface area contributed by atoms with Gasteiger partial charge in [0, 0.05) is 16.1 Å². The summed E-state index contributed by atoms with van der Waals surface area (Å²) in [7, 11) is 2.05. The van der Waals surface area contributed by atoms with Gasteiger partial charge in [-0.15, -0.1) is 0 Å². The molecule has 3 atom stereocenters. The summed E-state index contributed by atoms with van der Waals surface area (Å²) in [5.74, 6) is 1.56. The molecule has 0 spiro atoms. The van der Waals surface area contributed by atoms with Crippen molar-refractivity contribution >= 4 is 23.2 Å². The first-order chi connectivity index (χ1) is 8.61. The lowest BCUT2D eigenvalue weighted by Crippen LogP contribution is -2.36. The Morgan fingerprint density at radius 1 is 1.33 bits per heavy atom. The van der Waals surface area contributed by atoms with Crippen LogP contribution in [-0.4, -0.2) is 13.1 Å². The lowest BCUT2D eigenvalue weighted by molar-refractivity contribution is 0.308.